The molecule has 1 saturated heterocycles. The van der Waals surface area contributed by atoms with E-state index in [1.807, 2.05) is 0 Å². The second-order valence-electron chi connectivity index (χ2n) is 9.41. The van der Waals surface area contributed by atoms with E-state index in [1.165, 1.54) is 18.2 Å². The zero-order valence-corrected chi connectivity index (χ0v) is 19.8. The molecule has 1 aliphatic carbocycles. The van der Waals surface area contributed by atoms with Crippen LogP contribution in [0.5, 0.6) is 5.75 Å². The molecule has 2 fully saturated rings. The summed E-state index contributed by atoms with van der Waals surface area (Å²) >= 11 is 0. The van der Waals surface area contributed by atoms with Gasteiger partial charge in [0.15, 0.2) is 0 Å². The van der Waals surface area contributed by atoms with E-state index in [4.69, 9.17) is 4.74 Å². The monoisotopic (exact) mass is 483 g/mol. The van der Waals surface area contributed by atoms with Crippen molar-refractivity contribution in [3.05, 3.63) is 41.1 Å². The second kappa shape index (κ2) is 8.90. The van der Waals surface area contributed by atoms with Gasteiger partial charge in [-0.25, -0.2) is 18.7 Å². The van der Waals surface area contributed by atoms with Gasteiger partial charge in [-0.2, -0.15) is 0 Å². The highest BCUT2D eigenvalue weighted by Gasteiger charge is 2.36. The Hall–Kier alpha value is -3.56. The van der Waals surface area contributed by atoms with Gasteiger partial charge >= 0.3 is 0 Å². The van der Waals surface area contributed by atoms with Crippen molar-refractivity contribution < 1.29 is 23.1 Å². The maximum atomic E-state index is 15.4. The van der Waals surface area contributed by atoms with Crippen LogP contribution in [0.25, 0.3) is 22.3 Å². The largest absolute Gasteiger partial charge is 0.492 e. The van der Waals surface area contributed by atoms with Crippen molar-refractivity contribution in [2.45, 2.75) is 45.8 Å². The van der Waals surface area contributed by atoms with Crippen LogP contribution in [0, 0.1) is 25.6 Å². The van der Waals surface area contributed by atoms with E-state index < -0.39 is 23.9 Å². The highest BCUT2D eigenvalue weighted by molar-refractivity contribution is 6.09. The molecule has 35 heavy (non-hydrogen) atoms. The third-order valence-electron chi connectivity index (χ3n) is 6.71. The molecule has 2 amide bonds. The number of aryl methyl sites for hydroxylation is 2. The summed E-state index contributed by atoms with van der Waals surface area (Å²) in [5.74, 6) is -0.355. The highest BCUT2D eigenvalue weighted by Crippen LogP contribution is 2.39. The minimum atomic E-state index is -1.37. The maximum absolute atomic E-state index is 15.4. The van der Waals surface area contributed by atoms with Crippen LogP contribution < -0.4 is 10.1 Å². The number of fused-ring (bicyclic) bond motifs is 1. The summed E-state index contributed by atoms with van der Waals surface area (Å²) in [6, 6.07) is 2.57. The second-order valence-corrected chi connectivity index (χ2v) is 9.41. The number of alkyl halides is 1. The SMILES string of the molecule is CC(=O)N1C[C@H](F)[C@H](NC(=O)c2c(C)[nH]c3c(-c4c(OCC5CC5)ccc(C)c4F)ncnc23)C1. The maximum Gasteiger partial charge on any atom is 0.255 e. The molecule has 3 aromatic rings. The number of benzene rings is 1. The van der Waals surface area contributed by atoms with E-state index in [2.05, 4.69) is 20.3 Å². The Labute approximate surface area is 201 Å². The molecule has 1 aromatic carbocycles. The van der Waals surface area contributed by atoms with Crippen LogP contribution in [0.3, 0.4) is 0 Å². The molecular weight excluding hydrogens is 456 g/mol. The van der Waals surface area contributed by atoms with Crippen LogP contribution in [-0.4, -0.2) is 63.6 Å². The number of nitrogens with one attached hydrogen (secondary N) is 2. The lowest BCUT2D eigenvalue weighted by atomic mass is 10.0. The fourth-order valence-corrected chi connectivity index (χ4v) is 4.48. The number of carbonyl (C=O) groups is 2. The van der Waals surface area contributed by atoms with Crippen molar-refractivity contribution in [1.82, 2.24) is 25.2 Å². The number of hydrogen-bond donors (Lipinski definition) is 2. The molecular formula is C25H27F2N5O3. The minimum absolute atomic E-state index is 0.0598. The molecule has 2 aliphatic rings. The molecule has 5 rings (SSSR count). The van der Waals surface area contributed by atoms with Gasteiger partial charge in [0, 0.05) is 19.2 Å². The third kappa shape index (κ3) is 4.33. The highest BCUT2D eigenvalue weighted by atomic mass is 19.1. The van der Waals surface area contributed by atoms with Gasteiger partial charge in [0.05, 0.1) is 35.8 Å². The van der Waals surface area contributed by atoms with E-state index in [0.717, 1.165) is 12.8 Å². The molecule has 10 heteroatoms. The number of likely N-dealkylation sites (tertiary alicyclic amines) is 1. The van der Waals surface area contributed by atoms with Gasteiger partial charge in [0.2, 0.25) is 5.91 Å². The predicted octanol–water partition coefficient (Wildman–Crippen LogP) is 3.47. The molecule has 184 valence electrons. The van der Waals surface area contributed by atoms with E-state index in [-0.39, 0.29) is 35.8 Å². The first-order valence-electron chi connectivity index (χ1n) is 11.7. The Kier molecular flexibility index (Phi) is 5.90. The first kappa shape index (κ1) is 23.2. The summed E-state index contributed by atoms with van der Waals surface area (Å²) in [6.07, 6.45) is 2.10. The molecule has 0 unspecified atom stereocenters. The average molecular weight is 484 g/mol. The van der Waals surface area contributed by atoms with Crippen molar-refractivity contribution in [2.75, 3.05) is 19.7 Å². The standard InChI is InChI=1S/C25H27F2N5O3/c1-12-4-7-18(35-10-15-5-6-15)20(21(12)27)23-24-22(28-11-29-23)19(13(2)30-24)25(34)31-17-9-32(14(3)33)8-16(17)26/h4,7,11,15-17,30H,5-6,8-10H2,1-3H3,(H,31,34)/t16-,17+/m0/s1. The molecule has 2 atom stereocenters. The van der Waals surface area contributed by atoms with E-state index in [1.54, 1.807) is 26.0 Å². The lowest BCUT2D eigenvalue weighted by molar-refractivity contribution is -0.128. The molecule has 0 radical (unpaired) electrons. The first-order valence-corrected chi connectivity index (χ1v) is 11.7. The van der Waals surface area contributed by atoms with Gasteiger partial charge in [-0.15, -0.1) is 0 Å². The smallest absolute Gasteiger partial charge is 0.255 e. The number of carbonyl (C=O) groups excluding carboxylic acids is 2. The summed E-state index contributed by atoms with van der Waals surface area (Å²) in [7, 11) is 0. The summed E-state index contributed by atoms with van der Waals surface area (Å²) < 4.78 is 35.8. The number of amides is 2. The van der Waals surface area contributed by atoms with Gasteiger partial charge in [-0.05, 0) is 44.2 Å². The predicted molar refractivity (Wildman–Crippen MR) is 125 cm³/mol. The molecule has 1 aliphatic heterocycles. The zero-order valence-electron chi connectivity index (χ0n) is 19.8. The summed E-state index contributed by atoms with van der Waals surface area (Å²) in [5.41, 5.74) is 2.35. The number of aromatic amines is 1. The van der Waals surface area contributed by atoms with Crippen molar-refractivity contribution in [2.24, 2.45) is 5.92 Å². The lowest BCUT2D eigenvalue weighted by Gasteiger charge is -2.15. The van der Waals surface area contributed by atoms with Crippen LogP contribution in [-0.2, 0) is 4.79 Å². The van der Waals surface area contributed by atoms with Gasteiger partial charge in [0.25, 0.3) is 5.91 Å². The Morgan fingerprint density at radius 2 is 2.00 bits per heavy atom. The Morgan fingerprint density at radius 1 is 1.23 bits per heavy atom. The third-order valence-corrected chi connectivity index (χ3v) is 6.71. The van der Waals surface area contributed by atoms with Crippen LogP contribution in [0.2, 0.25) is 0 Å². The van der Waals surface area contributed by atoms with Crippen molar-refractivity contribution >= 4 is 22.8 Å². The molecule has 1 saturated carbocycles. The average Bonchev–Trinajstić information content (AvgIpc) is 3.48. The quantitative estimate of drug-likeness (QED) is 0.559. The minimum Gasteiger partial charge on any atom is -0.492 e. The van der Waals surface area contributed by atoms with Gasteiger partial charge < -0.3 is 19.9 Å². The lowest BCUT2D eigenvalue weighted by Crippen LogP contribution is -2.41. The van der Waals surface area contributed by atoms with Crippen molar-refractivity contribution in [3.8, 4) is 17.0 Å². The molecule has 0 spiro atoms. The van der Waals surface area contributed by atoms with Crippen molar-refractivity contribution in [3.63, 3.8) is 0 Å². The number of rotatable bonds is 6. The van der Waals surface area contributed by atoms with Crippen molar-refractivity contribution in [1.29, 1.82) is 0 Å². The fraction of sp³-hybridized carbons (Fsp3) is 0.440. The first-order chi connectivity index (χ1) is 16.7. The van der Waals surface area contributed by atoms with Crippen LogP contribution in [0.15, 0.2) is 18.5 Å². The van der Waals surface area contributed by atoms with Crippen LogP contribution in [0.4, 0.5) is 8.78 Å². The summed E-state index contributed by atoms with van der Waals surface area (Å²) in [5, 5.41) is 2.69. The fourth-order valence-electron chi connectivity index (χ4n) is 4.48. The van der Waals surface area contributed by atoms with Crippen LogP contribution >= 0.6 is 0 Å². The molecule has 0 bridgehead atoms. The number of aromatic nitrogens is 3. The Balaban J connectivity index is 1.51. The van der Waals surface area contributed by atoms with Crippen LogP contribution in [0.1, 0.15) is 41.4 Å². The van der Waals surface area contributed by atoms with E-state index in [9.17, 15) is 14.0 Å². The Bertz CT molecular complexity index is 1320. The topological polar surface area (TPSA) is 100 Å². The molecule has 2 aromatic heterocycles. The van der Waals surface area contributed by atoms with Gasteiger partial charge in [-0.1, -0.05) is 6.07 Å². The van der Waals surface area contributed by atoms with Gasteiger partial charge in [0.1, 0.15) is 35.3 Å². The zero-order chi connectivity index (χ0) is 24.9. The number of ether oxygens (including phenoxy) is 1. The molecule has 8 nitrogen and oxygen atoms in total. The summed E-state index contributed by atoms with van der Waals surface area (Å²) in [6.45, 7) is 5.27. The summed E-state index contributed by atoms with van der Waals surface area (Å²) in [4.78, 5) is 37.9. The molecule has 2 N–H and O–H groups in total. The number of H-pyrrole nitrogens is 1. The number of hydrogen-bond acceptors (Lipinski definition) is 5. The Morgan fingerprint density at radius 3 is 2.69 bits per heavy atom. The normalized spacial score (nSPS) is 19.9. The number of nitrogens with zero attached hydrogens (tertiary/aromatic N) is 3. The van der Waals surface area contributed by atoms with E-state index >= 15 is 4.39 Å². The van der Waals surface area contributed by atoms with E-state index in [0.29, 0.717) is 40.6 Å². The van der Waals surface area contributed by atoms with Gasteiger partial charge in [-0.3, -0.25) is 9.59 Å². The molecule has 3 heterocycles. The number of halogens is 2.